The number of aromatic nitrogens is 1. The molecule has 1 aliphatic rings. The van der Waals surface area contributed by atoms with Crippen LogP contribution in [0.3, 0.4) is 0 Å². The molecule has 25 heavy (non-hydrogen) atoms. The molecule has 0 radical (unpaired) electrons. The van der Waals surface area contributed by atoms with E-state index in [0.29, 0.717) is 26.2 Å². The number of benzene rings is 1. The van der Waals surface area contributed by atoms with Gasteiger partial charge in [0, 0.05) is 38.1 Å². The average molecular weight is 340 g/mol. The van der Waals surface area contributed by atoms with Crippen molar-refractivity contribution in [3.63, 3.8) is 0 Å². The Morgan fingerprint density at radius 2 is 1.88 bits per heavy atom. The SMILES string of the molecule is CCOc1ccc(N2CCN(C(=O)NCc3ccccn3)CC2)cc1. The molecule has 1 saturated heterocycles. The Balaban J connectivity index is 1.47. The predicted octanol–water partition coefficient (Wildman–Crippen LogP) is 2.51. The van der Waals surface area contributed by atoms with E-state index in [0.717, 1.165) is 30.2 Å². The summed E-state index contributed by atoms with van der Waals surface area (Å²) in [7, 11) is 0. The van der Waals surface area contributed by atoms with E-state index in [1.165, 1.54) is 0 Å². The first kappa shape index (κ1) is 17.1. The van der Waals surface area contributed by atoms with Gasteiger partial charge in [-0.15, -0.1) is 0 Å². The van der Waals surface area contributed by atoms with Gasteiger partial charge in [-0.3, -0.25) is 4.98 Å². The number of pyridine rings is 1. The number of ether oxygens (including phenoxy) is 1. The highest BCUT2D eigenvalue weighted by atomic mass is 16.5. The van der Waals surface area contributed by atoms with Crippen LogP contribution in [-0.4, -0.2) is 48.7 Å². The average Bonchev–Trinajstić information content (AvgIpc) is 2.68. The van der Waals surface area contributed by atoms with Crippen molar-refractivity contribution in [3.8, 4) is 5.75 Å². The second kappa shape index (κ2) is 8.37. The van der Waals surface area contributed by atoms with Crippen LogP contribution in [0.1, 0.15) is 12.6 Å². The van der Waals surface area contributed by atoms with E-state index < -0.39 is 0 Å². The van der Waals surface area contributed by atoms with Gasteiger partial charge in [0.05, 0.1) is 18.8 Å². The summed E-state index contributed by atoms with van der Waals surface area (Å²) >= 11 is 0. The molecule has 3 rings (SSSR count). The molecule has 0 atom stereocenters. The molecule has 132 valence electrons. The van der Waals surface area contributed by atoms with Crippen LogP contribution >= 0.6 is 0 Å². The molecule has 1 N–H and O–H groups in total. The maximum atomic E-state index is 12.3. The number of hydrogen-bond acceptors (Lipinski definition) is 4. The lowest BCUT2D eigenvalue weighted by molar-refractivity contribution is 0.194. The minimum absolute atomic E-state index is 0.0306. The van der Waals surface area contributed by atoms with Gasteiger partial charge in [-0.25, -0.2) is 4.79 Å². The highest BCUT2D eigenvalue weighted by molar-refractivity contribution is 5.74. The van der Waals surface area contributed by atoms with Crippen molar-refractivity contribution in [1.29, 1.82) is 0 Å². The highest BCUT2D eigenvalue weighted by Gasteiger charge is 2.21. The maximum Gasteiger partial charge on any atom is 0.317 e. The lowest BCUT2D eigenvalue weighted by Gasteiger charge is -2.36. The van der Waals surface area contributed by atoms with Crippen LogP contribution in [0.25, 0.3) is 0 Å². The van der Waals surface area contributed by atoms with E-state index >= 15 is 0 Å². The molecular formula is C19H24N4O2. The van der Waals surface area contributed by atoms with Crippen molar-refractivity contribution in [2.45, 2.75) is 13.5 Å². The van der Waals surface area contributed by atoms with E-state index in [1.54, 1.807) is 6.20 Å². The number of nitrogens with one attached hydrogen (secondary N) is 1. The van der Waals surface area contributed by atoms with Crippen LogP contribution in [-0.2, 0) is 6.54 Å². The van der Waals surface area contributed by atoms with Crippen molar-refractivity contribution in [1.82, 2.24) is 15.2 Å². The van der Waals surface area contributed by atoms with Crippen molar-refractivity contribution in [2.75, 3.05) is 37.7 Å². The van der Waals surface area contributed by atoms with Crippen molar-refractivity contribution >= 4 is 11.7 Å². The molecule has 2 heterocycles. The van der Waals surface area contributed by atoms with E-state index in [4.69, 9.17) is 4.74 Å². The lowest BCUT2D eigenvalue weighted by Crippen LogP contribution is -2.51. The minimum atomic E-state index is -0.0306. The first-order valence-electron chi connectivity index (χ1n) is 8.67. The van der Waals surface area contributed by atoms with Gasteiger partial charge in [0.1, 0.15) is 5.75 Å². The summed E-state index contributed by atoms with van der Waals surface area (Å²) < 4.78 is 5.48. The second-order valence-electron chi connectivity index (χ2n) is 5.88. The second-order valence-corrected chi connectivity index (χ2v) is 5.88. The summed E-state index contributed by atoms with van der Waals surface area (Å²) in [6, 6.07) is 13.8. The first-order chi connectivity index (χ1) is 12.3. The fourth-order valence-electron chi connectivity index (χ4n) is 2.87. The highest BCUT2D eigenvalue weighted by Crippen LogP contribution is 2.20. The summed E-state index contributed by atoms with van der Waals surface area (Å²) in [5.41, 5.74) is 2.03. The van der Waals surface area contributed by atoms with Gasteiger partial charge in [0.25, 0.3) is 0 Å². The largest absolute Gasteiger partial charge is 0.494 e. The number of amides is 2. The molecule has 2 aromatic rings. The predicted molar refractivity (Wildman–Crippen MR) is 97.9 cm³/mol. The zero-order valence-corrected chi connectivity index (χ0v) is 14.5. The topological polar surface area (TPSA) is 57.7 Å². The molecule has 0 aliphatic carbocycles. The van der Waals surface area contributed by atoms with Crippen molar-refractivity contribution in [3.05, 3.63) is 54.4 Å². The molecule has 2 amide bonds. The molecule has 1 aromatic heterocycles. The number of nitrogens with zero attached hydrogens (tertiary/aromatic N) is 3. The van der Waals surface area contributed by atoms with E-state index in [1.807, 2.05) is 42.2 Å². The number of anilines is 1. The fourth-order valence-corrected chi connectivity index (χ4v) is 2.87. The molecule has 0 unspecified atom stereocenters. The third-order valence-electron chi connectivity index (χ3n) is 4.23. The zero-order chi connectivity index (χ0) is 17.5. The van der Waals surface area contributed by atoms with E-state index in [9.17, 15) is 4.79 Å². The molecule has 0 saturated carbocycles. The maximum absolute atomic E-state index is 12.3. The molecule has 1 aliphatic heterocycles. The molecular weight excluding hydrogens is 316 g/mol. The van der Waals surface area contributed by atoms with Gasteiger partial charge in [0.15, 0.2) is 0 Å². The third kappa shape index (κ3) is 4.62. The lowest BCUT2D eigenvalue weighted by atomic mass is 10.2. The quantitative estimate of drug-likeness (QED) is 0.909. The molecule has 0 spiro atoms. The zero-order valence-electron chi connectivity index (χ0n) is 14.5. The monoisotopic (exact) mass is 340 g/mol. The fraction of sp³-hybridized carbons (Fsp3) is 0.368. The van der Waals surface area contributed by atoms with Gasteiger partial charge in [-0.05, 0) is 43.3 Å². The summed E-state index contributed by atoms with van der Waals surface area (Å²) in [6.07, 6.45) is 1.73. The number of rotatable bonds is 5. The van der Waals surface area contributed by atoms with Crippen LogP contribution < -0.4 is 15.0 Å². The van der Waals surface area contributed by atoms with Crippen molar-refractivity contribution < 1.29 is 9.53 Å². The number of carbonyl (C=O) groups is 1. The standard InChI is InChI=1S/C19H24N4O2/c1-2-25-18-8-6-17(7-9-18)22-11-13-23(14-12-22)19(24)21-15-16-5-3-4-10-20-16/h3-10H,2,11-15H2,1H3,(H,21,24). The van der Waals surface area contributed by atoms with Gasteiger partial charge in [-0.1, -0.05) is 6.07 Å². The smallest absolute Gasteiger partial charge is 0.317 e. The number of piperazine rings is 1. The van der Waals surface area contributed by atoms with Crippen molar-refractivity contribution in [2.24, 2.45) is 0 Å². The summed E-state index contributed by atoms with van der Waals surface area (Å²) in [6.45, 7) is 6.18. The molecule has 1 aromatic carbocycles. The number of hydrogen-bond donors (Lipinski definition) is 1. The van der Waals surface area contributed by atoms with Gasteiger partial charge >= 0.3 is 6.03 Å². The van der Waals surface area contributed by atoms with Crippen LogP contribution in [0.15, 0.2) is 48.7 Å². The van der Waals surface area contributed by atoms with Crippen LogP contribution in [0, 0.1) is 0 Å². The van der Waals surface area contributed by atoms with E-state index in [2.05, 4.69) is 27.3 Å². The Bertz CT molecular complexity index is 668. The molecule has 1 fully saturated rings. The summed E-state index contributed by atoms with van der Waals surface area (Å²) in [5, 5.41) is 2.93. The van der Waals surface area contributed by atoms with Gasteiger partial charge < -0.3 is 19.9 Å². The Kier molecular flexibility index (Phi) is 5.72. The van der Waals surface area contributed by atoms with Crippen LogP contribution in [0.4, 0.5) is 10.5 Å². The van der Waals surface area contributed by atoms with Gasteiger partial charge in [-0.2, -0.15) is 0 Å². The Hall–Kier alpha value is -2.76. The molecule has 0 bridgehead atoms. The molecule has 6 nitrogen and oxygen atoms in total. The Morgan fingerprint density at radius 1 is 1.12 bits per heavy atom. The normalized spacial score (nSPS) is 14.3. The Morgan fingerprint density at radius 3 is 2.52 bits per heavy atom. The summed E-state index contributed by atoms with van der Waals surface area (Å²) in [5.74, 6) is 0.888. The third-order valence-corrected chi connectivity index (χ3v) is 4.23. The Labute approximate surface area is 148 Å². The van der Waals surface area contributed by atoms with Crippen LogP contribution in [0.2, 0.25) is 0 Å². The van der Waals surface area contributed by atoms with E-state index in [-0.39, 0.29) is 6.03 Å². The summed E-state index contributed by atoms with van der Waals surface area (Å²) in [4.78, 5) is 20.6. The minimum Gasteiger partial charge on any atom is -0.494 e. The number of carbonyl (C=O) groups excluding carboxylic acids is 1. The first-order valence-corrected chi connectivity index (χ1v) is 8.67. The number of urea groups is 1. The van der Waals surface area contributed by atoms with Crippen LogP contribution in [0.5, 0.6) is 5.75 Å². The molecule has 6 heteroatoms. The van der Waals surface area contributed by atoms with Gasteiger partial charge in [0.2, 0.25) is 0 Å².